The second-order valence-electron chi connectivity index (χ2n) is 4.13. The van der Waals surface area contributed by atoms with Crippen LogP contribution in [0.25, 0.3) is 0 Å². The molecule has 5 heteroatoms. The summed E-state index contributed by atoms with van der Waals surface area (Å²) in [7, 11) is 0. The minimum atomic E-state index is 0.221. The highest BCUT2D eigenvalue weighted by Crippen LogP contribution is 2.33. The van der Waals surface area contributed by atoms with E-state index in [0.717, 1.165) is 11.5 Å². The lowest BCUT2D eigenvalue weighted by molar-refractivity contribution is 0.340. The largest absolute Gasteiger partial charge is 0.494 e. The van der Waals surface area contributed by atoms with E-state index < -0.39 is 0 Å². The van der Waals surface area contributed by atoms with E-state index in [1.165, 1.54) is 17.1 Å². The molecule has 100 valence electrons. The first kappa shape index (κ1) is 14.1. The highest BCUT2D eigenvalue weighted by atomic mass is 32.2. The summed E-state index contributed by atoms with van der Waals surface area (Å²) in [6.07, 6.45) is 0. The van der Waals surface area contributed by atoms with Crippen LogP contribution >= 0.6 is 23.5 Å². The van der Waals surface area contributed by atoms with Gasteiger partial charge in [0.2, 0.25) is 0 Å². The van der Waals surface area contributed by atoms with Gasteiger partial charge in [0, 0.05) is 22.5 Å². The Labute approximate surface area is 117 Å². The number of hydrazine groups is 1. The first-order valence-electron chi connectivity index (χ1n) is 6.23. The lowest BCUT2D eigenvalue weighted by Crippen LogP contribution is -2.37. The van der Waals surface area contributed by atoms with E-state index in [1.54, 1.807) is 0 Å². The molecule has 18 heavy (non-hydrogen) atoms. The highest BCUT2D eigenvalue weighted by Gasteiger charge is 2.24. The number of thioether (sulfide) groups is 2. The molecule has 2 atom stereocenters. The summed E-state index contributed by atoms with van der Waals surface area (Å²) in [4.78, 5) is 0. The third kappa shape index (κ3) is 3.57. The molecular weight excluding hydrogens is 264 g/mol. The molecule has 1 aromatic carbocycles. The van der Waals surface area contributed by atoms with E-state index in [0.29, 0.717) is 11.9 Å². The second kappa shape index (κ2) is 7.28. The van der Waals surface area contributed by atoms with Gasteiger partial charge in [-0.05, 0) is 24.6 Å². The van der Waals surface area contributed by atoms with Gasteiger partial charge in [0.15, 0.2) is 0 Å². The lowest BCUT2D eigenvalue weighted by atomic mass is 10.0. The van der Waals surface area contributed by atoms with Crippen LogP contribution in [-0.2, 0) is 0 Å². The average Bonchev–Trinajstić information content (AvgIpc) is 2.43. The van der Waals surface area contributed by atoms with Crippen molar-refractivity contribution in [1.29, 1.82) is 0 Å². The topological polar surface area (TPSA) is 47.3 Å². The minimum absolute atomic E-state index is 0.221. The van der Waals surface area contributed by atoms with Crippen molar-refractivity contribution >= 4 is 23.5 Å². The Kier molecular flexibility index (Phi) is 5.69. The molecule has 1 aromatic rings. The Morgan fingerprint density at radius 3 is 2.72 bits per heavy atom. The summed E-state index contributed by atoms with van der Waals surface area (Å²) in [5.74, 6) is 10.3. The molecule has 2 rings (SSSR count). The Morgan fingerprint density at radius 2 is 2.17 bits per heavy atom. The van der Waals surface area contributed by atoms with Crippen LogP contribution in [-0.4, -0.2) is 29.1 Å². The van der Waals surface area contributed by atoms with Crippen molar-refractivity contribution < 1.29 is 4.74 Å². The van der Waals surface area contributed by atoms with Crippen LogP contribution in [0.15, 0.2) is 24.3 Å². The zero-order valence-electron chi connectivity index (χ0n) is 10.6. The van der Waals surface area contributed by atoms with Gasteiger partial charge in [-0.15, -0.1) is 0 Å². The molecule has 1 heterocycles. The number of nitrogens with one attached hydrogen (secondary N) is 1. The number of hydrogen-bond donors (Lipinski definition) is 2. The van der Waals surface area contributed by atoms with E-state index in [4.69, 9.17) is 10.6 Å². The molecule has 0 amide bonds. The standard InChI is InChI=1S/C13H20N2OS2/c1-2-16-11-5-3-10(4-6-11)13(15-14)12-9-17-7-8-18-12/h3-6,12-13,15H,2,7-9,14H2,1H3. The Balaban J connectivity index is 2.06. The maximum Gasteiger partial charge on any atom is 0.119 e. The molecule has 0 radical (unpaired) electrons. The van der Waals surface area contributed by atoms with E-state index in [-0.39, 0.29) is 6.04 Å². The number of hydrogen-bond acceptors (Lipinski definition) is 5. The van der Waals surface area contributed by atoms with Gasteiger partial charge in [0.1, 0.15) is 5.75 Å². The third-order valence-corrected chi connectivity index (χ3v) is 5.81. The Morgan fingerprint density at radius 1 is 1.39 bits per heavy atom. The fourth-order valence-electron chi connectivity index (χ4n) is 2.05. The average molecular weight is 284 g/mol. The summed E-state index contributed by atoms with van der Waals surface area (Å²) in [5, 5.41) is 0.548. The van der Waals surface area contributed by atoms with Gasteiger partial charge in [-0.2, -0.15) is 23.5 Å². The molecule has 1 saturated heterocycles. The molecule has 1 fully saturated rings. The molecule has 3 nitrogen and oxygen atoms in total. The van der Waals surface area contributed by atoms with Crippen molar-refractivity contribution in [2.24, 2.45) is 5.84 Å². The van der Waals surface area contributed by atoms with E-state index in [1.807, 2.05) is 42.6 Å². The van der Waals surface area contributed by atoms with Crippen molar-refractivity contribution in [2.45, 2.75) is 18.2 Å². The van der Waals surface area contributed by atoms with Crippen LogP contribution < -0.4 is 16.0 Å². The van der Waals surface area contributed by atoms with Gasteiger partial charge in [0.25, 0.3) is 0 Å². The Hall–Kier alpha value is -0.360. The molecule has 0 saturated carbocycles. The molecular formula is C13H20N2OS2. The van der Waals surface area contributed by atoms with Gasteiger partial charge in [0.05, 0.1) is 12.6 Å². The van der Waals surface area contributed by atoms with Crippen molar-refractivity contribution in [3.63, 3.8) is 0 Å². The van der Waals surface area contributed by atoms with Crippen molar-refractivity contribution in [2.75, 3.05) is 23.9 Å². The summed E-state index contributed by atoms with van der Waals surface area (Å²) < 4.78 is 5.46. The maximum absolute atomic E-state index is 5.73. The molecule has 1 aliphatic rings. The van der Waals surface area contributed by atoms with Crippen LogP contribution in [0.4, 0.5) is 0 Å². The monoisotopic (exact) mass is 284 g/mol. The van der Waals surface area contributed by atoms with Gasteiger partial charge >= 0.3 is 0 Å². The summed E-state index contributed by atoms with van der Waals surface area (Å²) in [6, 6.07) is 8.47. The number of rotatable bonds is 5. The number of nitrogens with two attached hydrogens (primary N) is 1. The quantitative estimate of drug-likeness (QED) is 0.642. The van der Waals surface area contributed by atoms with E-state index in [2.05, 4.69) is 17.6 Å². The number of ether oxygens (including phenoxy) is 1. The smallest absolute Gasteiger partial charge is 0.119 e. The predicted octanol–water partition coefficient (Wildman–Crippen LogP) is 2.44. The highest BCUT2D eigenvalue weighted by molar-refractivity contribution is 8.06. The van der Waals surface area contributed by atoms with Gasteiger partial charge in [-0.3, -0.25) is 11.3 Å². The predicted molar refractivity (Wildman–Crippen MR) is 81.2 cm³/mol. The van der Waals surface area contributed by atoms with Crippen molar-refractivity contribution in [3.8, 4) is 5.75 Å². The molecule has 0 bridgehead atoms. The Bertz CT molecular complexity index is 353. The van der Waals surface area contributed by atoms with Crippen LogP contribution in [0.1, 0.15) is 18.5 Å². The molecule has 1 aliphatic heterocycles. The zero-order valence-corrected chi connectivity index (χ0v) is 12.2. The number of benzene rings is 1. The third-order valence-electron chi connectivity index (χ3n) is 2.94. The molecule has 3 N–H and O–H groups in total. The normalized spacial score (nSPS) is 21.6. The molecule has 0 spiro atoms. The van der Waals surface area contributed by atoms with Crippen LogP contribution in [0.5, 0.6) is 5.75 Å². The van der Waals surface area contributed by atoms with E-state index in [9.17, 15) is 0 Å². The van der Waals surface area contributed by atoms with Gasteiger partial charge in [-0.1, -0.05) is 12.1 Å². The fraction of sp³-hybridized carbons (Fsp3) is 0.538. The maximum atomic E-state index is 5.73. The zero-order chi connectivity index (χ0) is 12.8. The minimum Gasteiger partial charge on any atom is -0.494 e. The van der Waals surface area contributed by atoms with Crippen LogP contribution in [0, 0.1) is 0 Å². The first-order chi connectivity index (χ1) is 8.85. The van der Waals surface area contributed by atoms with E-state index >= 15 is 0 Å². The lowest BCUT2D eigenvalue weighted by Gasteiger charge is -2.29. The summed E-state index contributed by atoms with van der Waals surface area (Å²) in [6.45, 7) is 2.70. The summed E-state index contributed by atoms with van der Waals surface area (Å²) >= 11 is 4.02. The van der Waals surface area contributed by atoms with Crippen molar-refractivity contribution in [1.82, 2.24) is 5.43 Å². The fourth-order valence-corrected chi connectivity index (χ4v) is 4.91. The van der Waals surface area contributed by atoms with Crippen LogP contribution in [0.3, 0.4) is 0 Å². The first-order valence-corrected chi connectivity index (χ1v) is 8.43. The summed E-state index contributed by atoms with van der Waals surface area (Å²) in [5.41, 5.74) is 4.20. The molecule has 0 aliphatic carbocycles. The van der Waals surface area contributed by atoms with Crippen LogP contribution in [0.2, 0.25) is 0 Å². The second-order valence-corrected chi connectivity index (χ2v) is 6.63. The van der Waals surface area contributed by atoms with Gasteiger partial charge < -0.3 is 4.74 Å². The van der Waals surface area contributed by atoms with Gasteiger partial charge in [-0.25, -0.2) is 0 Å². The van der Waals surface area contributed by atoms with Crippen molar-refractivity contribution in [3.05, 3.63) is 29.8 Å². The SMILES string of the molecule is CCOc1ccc(C(NN)C2CSCCS2)cc1. The molecule has 0 aromatic heterocycles. The molecule has 2 unspecified atom stereocenters.